The van der Waals surface area contributed by atoms with Crippen molar-refractivity contribution in [2.24, 2.45) is 40.4 Å². The van der Waals surface area contributed by atoms with Crippen molar-refractivity contribution in [3.05, 3.63) is 23.3 Å². The maximum atomic E-state index is 13.3. The standard InChI is InChI=1S/C28H38O6/c1-14-11-21(33-25(32)17(14)13-29)15(2)18-5-6-19-16-12-24-28(34-24)23(31)8-7-22(30)27(28,4)20(16)9-10-26(18,19)3/h7-8,15-16,18-21,23-24,29,31H,5-6,9-13H2,1-4H3/t15-,16+,18-,19-,20+,21+,23-,24+,26+,27-,28+/m0/s1. The number of esters is 1. The van der Waals surface area contributed by atoms with Crippen LogP contribution in [0.5, 0.6) is 0 Å². The fraction of sp³-hybridized carbons (Fsp3) is 0.786. The molecule has 0 radical (unpaired) electrons. The van der Waals surface area contributed by atoms with Crippen LogP contribution in [0.25, 0.3) is 0 Å². The highest BCUT2D eigenvalue weighted by atomic mass is 16.6. The molecule has 0 aromatic carbocycles. The largest absolute Gasteiger partial charge is 0.458 e. The van der Waals surface area contributed by atoms with Gasteiger partial charge in [0.2, 0.25) is 0 Å². The van der Waals surface area contributed by atoms with Crippen molar-refractivity contribution in [2.45, 2.75) is 90.1 Å². The highest BCUT2D eigenvalue weighted by Crippen LogP contribution is 2.73. The molecule has 2 N–H and O–H groups in total. The van der Waals surface area contributed by atoms with Crippen molar-refractivity contribution in [1.82, 2.24) is 0 Å². The summed E-state index contributed by atoms with van der Waals surface area (Å²) in [6, 6.07) is 0. The number of carbonyl (C=O) groups is 2. The molecule has 2 heterocycles. The van der Waals surface area contributed by atoms with Gasteiger partial charge in [0.1, 0.15) is 17.8 Å². The average molecular weight is 471 g/mol. The van der Waals surface area contributed by atoms with Crippen LogP contribution >= 0.6 is 0 Å². The van der Waals surface area contributed by atoms with Crippen molar-refractivity contribution in [1.29, 1.82) is 0 Å². The van der Waals surface area contributed by atoms with Crippen molar-refractivity contribution in [2.75, 3.05) is 6.61 Å². The molecule has 6 heteroatoms. The summed E-state index contributed by atoms with van der Waals surface area (Å²) in [5.41, 5.74) is 0.129. The molecule has 0 aromatic heterocycles. The maximum Gasteiger partial charge on any atom is 0.336 e. The third-order valence-corrected chi connectivity index (χ3v) is 11.6. The number of cyclic esters (lactones) is 1. The molecule has 1 spiro atoms. The van der Waals surface area contributed by atoms with Gasteiger partial charge >= 0.3 is 5.97 Å². The van der Waals surface area contributed by atoms with Crippen LogP contribution in [-0.4, -0.2) is 52.5 Å². The van der Waals surface area contributed by atoms with Crippen molar-refractivity contribution >= 4 is 11.8 Å². The third-order valence-electron chi connectivity index (χ3n) is 11.6. The van der Waals surface area contributed by atoms with Crippen LogP contribution in [0.2, 0.25) is 0 Å². The zero-order valence-corrected chi connectivity index (χ0v) is 20.8. The second-order valence-electron chi connectivity index (χ2n) is 12.5. The average Bonchev–Trinajstić information content (AvgIpc) is 3.43. The number of fused-ring (bicyclic) bond motifs is 4. The van der Waals surface area contributed by atoms with Crippen molar-refractivity contribution in [3.8, 4) is 0 Å². The van der Waals surface area contributed by atoms with Crippen LogP contribution in [0.15, 0.2) is 23.3 Å². The van der Waals surface area contributed by atoms with Crippen LogP contribution < -0.4 is 0 Å². The predicted molar refractivity (Wildman–Crippen MR) is 124 cm³/mol. The number of hydrogen-bond acceptors (Lipinski definition) is 6. The van der Waals surface area contributed by atoms with Gasteiger partial charge in [-0.3, -0.25) is 4.79 Å². The van der Waals surface area contributed by atoms with Crippen LogP contribution in [0.4, 0.5) is 0 Å². The second kappa shape index (κ2) is 7.27. The Morgan fingerprint density at radius 1 is 1.18 bits per heavy atom. The van der Waals surface area contributed by atoms with Gasteiger partial charge < -0.3 is 19.7 Å². The summed E-state index contributed by atoms with van der Waals surface area (Å²) in [5, 5.41) is 20.4. The molecule has 0 amide bonds. The van der Waals surface area contributed by atoms with Gasteiger partial charge in [-0.2, -0.15) is 0 Å². The van der Waals surface area contributed by atoms with E-state index in [1.807, 2.05) is 6.92 Å². The van der Waals surface area contributed by atoms with Gasteiger partial charge in [0.25, 0.3) is 0 Å². The molecule has 1 saturated heterocycles. The monoisotopic (exact) mass is 470 g/mol. The smallest absolute Gasteiger partial charge is 0.336 e. The maximum absolute atomic E-state index is 13.3. The molecule has 4 aliphatic carbocycles. The predicted octanol–water partition coefficient (Wildman–Crippen LogP) is 3.35. The minimum absolute atomic E-state index is 0.0366. The van der Waals surface area contributed by atoms with Crippen molar-refractivity contribution < 1.29 is 29.3 Å². The van der Waals surface area contributed by atoms with Gasteiger partial charge in [0, 0.05) is 6.42 Å². The fourth-order valence-electron chi connectivity index (χ4n) is 9.69. The summed E-state index contributed by atoms with van der Waals surface area (Å²) in [6.07, 6.45) is 8.23. The first kappa shape index (κ1) is 22.9. The summed E-state index contributed by atoms with van der Waals surface area (Å²) in [6.45, 7) is 8.41. The SMILES string of the molecule is CC1=C(CO)C(=O)O[C@@H]([C@@H](C)[C@@H]2CC[C@H]3[C@H]4C[C@H]5O[C@]56[C@@H](O)C=CC(=O)[C@]6(C)[C@@H]4CC[C@]23C)C1. The zero-order chi connectivity index (χ0) is 24.2. The number of ether oxygens (including phenoxy) is 2. The van der Waals surface area contributed by atoms with Crippen LogP contribution in [0.1, 0.15) is 66.2 Å². The van der Waals surface area contributed by atoms with E-state index >= 15 is 0 Å². The molecule has 0 aromatic rings. The van der Waals surface area contributed by atoms with Crippen LogP contribution in [-0.2, 0) is 19.1 Å². The van der Waals surface area contributed by atoms with Crippen molar-refractivity contribution in [3.63, 3.8) is 0 Å². The minimum Gasteiger partial charge on any atom is -0.458 e. The summed E-state index contributed by atoms with van der Waals surface area (Å²) in [4.78, 5) is 25.8. The highest BCUT2D eigenvalue weighted by Gasteiger charge is 2.80. The first-order valence-corrected chi connectivity index (χ1v) is 13.2. The molecule has 186 valence electrons. The molecule has 0 unspecified atom stereocenters. The number of aliphatic hydroxyl groups is 2. The molecule has 3 saturated carbocycles. The van der Waals surface area contributed by atoms with E-state index in [0.717, 1.165) is 37.7 Å². The van der Waals surface area contributed by atoms with E-state index in [1.165, 1.54) is 0 Å². The Kier molecular flexibility index (Phi) is 4.90. The van der Waals surface area contributed by atoms with E-state index < -0.39 is 17.1 Å². The number of hydrogen-bond donors (Lipinski definition) is 2. The quantitative estimate of drug-likeness (QED) is 0.485. The first-order valence-electron chi connectivity index (χ1n) is 13.2. The van der Waals surface area contributed by atoms with Gasteiger partial charge in [0.15, 0.2) is 5.78 Å². The molecule has 34 heavy (non-hydrogen) atoms. The molecule has 0 bridgehead atoms. The van der Waals surface area contributed by atoms with Gasteiger partial charge in [0.05, 0.1) is 23.7 Å². The van der Waals surface area contributed by atoms with Gasteiger partial charge in [-0.15, -0.1) is 0 Å². The normalized spacial score (nSPS) is 52.4. The molecule has 2 aliphatic heterocycles. The Labute approximate surface area is 201 Å². The lowest BCUT2D eigenvalue weighted by molar-refractivity contribution is -0.155. The van der Waals surface area contributed by atoms with E-state index in [9.17, 15) is 19.8 Å². The highest BCUT2D eigenvalue weighted by molar-refractivity contribution is 5.98. The number of epoxide rings is 1. The van der Waals surface area contributed by atoms with Gasteiger partial charge in [-0.05, 0) is 93.1 Å². The fourth-order valence-corrected chi connectivity index (χ4v) is 9.69. The second-order valence-corrected chi connectivity index (χ2v) is 12.5. The molecular formula is C28H38O6. The molecule has 4 fully saturated rings. The summed E-state index contributed by atoms with van der Waals surface area (Å²) in [7, 11) is 0. The first-order chi connectivity index (χ1) is 16.1. The van der Waals surface area contributed by atoms with E-state index in [2.05, 4.69) is 20.8 Å². The van der Waals surface area contributed by atoms with Gasteiger partial charge in [-0.25, -0.2) is 4.79 Å². The Morgan fingerprint density at radius 2 is 1.94 bits per heavy atom. The van der Waals surface area contributed by atoms with E-state index in [1.54, 1.807) is 12.2 Å². The lowest BCUT2D eigenvalue weighted by atomic mass is 9.44. The van der Waals surface area contributed by atoms with Gasteiger partial charge in [-0.1, -0.05) is 19.4 Å². The topological polar surface area (TPSA) is 96.4 Å². The Hall–Kier alpha value is -1.50. The Morgan fingerprint density at radius 3 is 2.65 bits per heavy atom. The Bertz CT molecular complexity index is 999. The summed E-state index contributed by atoms with van der Waals surface area (Å²) >= 11 is 0. The summed E-state index contributed by atoms with van der Waals surface area (Å²) in [5.74, 6) is 1.61. The van der Waals surface area contributed by atoms with E-state index in [4.69, 9.17) is 9.47 Å². The minimum atomic E-state index is -0.719. The number of carbonyl (C=O) groups excluding carboxylic acids is 2. The van der Waals surface area contributed by atoms with Crippen LogP contribution in [0.3, 0.4) is 0 Å². The number of rotatable bonds is 3. The molecular weight excluding hydrogens is 432 g/mol. The van der Waals surface area contributed by atoms with E-state index in [0.29, 0.717) is 29.7 Å². The number of allylic oxidation sites excluding steroid dienone is 1. The third kappa shape index (κ3) is 2.63. The summed E-state index contributed by atoms with van der Waals surface area (Å²) < 4.78 is 12.1. The zero-order valence-electron chi connectivity index (χ0n) is 20.8. The Balaban J connectivity index is 1.27. The molecule has 6 aliphatic rings. The molecule has 6 rings (SSSR count). The molecule has 11 atom stereocenters. The van der Waals surface area contributed by atoms with E-state index in [-0.39, 0.29) is 47.8 Å². The number of aliphatic hydroxyl groups excluding tert-OH is 2. The number of ketones is 1. The molecule has 6 nitrogen and oxygen atoms in total. The lowest BCUT2D eigenvalue weighted by Gasteiger charge is -2.58. The van der Waals surface area contributed by atoms with Crippen LogP contribution in [0, 0.1) is 40.4 Å². The lowest BCUT2D eigenvalue weighted by Crippen LogP contribution is -2.63.